The summed E-state index contributed by atoms with van der Waals surface area (Å²) in [6.45, 7) is -2.59. The second-order valence-electron chi connectivity index (χ2n) is 6.41. The Labute approximate surface area is 167 Å². The summed E-state index contributed by atoms with van der Waals surface area (Å²) in [6, 6.07) is 9.53. The molecule has 1 unspecified atom stereocenters. The van der Waals surface area contributed by atoms with Gasteiger partial charge in [-0.3, -0.25) is 4.99 Å². The van der Waals surface area contributed by atoms with Crippen LogP contribution in [0.3, 0.4) is 0 Å². The first kappa shape index (κ1) is 22.5. The van der Waals surface area contributed by atoms with Crippen molar-refractivity contribution in [3.8, 4) is 5.75 Å². The summed E-state index contributed by atoms with van der Waals surface area (Å²) in [4.78, 5) is 5.75. The second-order valence-corrected chi connectivity index (χ2v) is 6.41. The van der Waals surface area contributed by atoms with Gasteiger partial charge in [0.15, 0.2) is 5.96 Å². The van der Waals surface area contributed by atoms with Gasteiger partial charge in [0.25, 0.3) is 0 Å². The van der Waals surface area contributed by atoms with E-state index in [4.69, 9.17) is 0 Å². The van der Waals surface area contributed by atoms with Crippen molar-refractivity contribution in [3.05, 3.63) is 65.2 Å². The first-order valence-electron chi connectivity index (χ1n) is 8.91. The van der Waals surface area contributed by atoms with E-state index in [9.17, 15) is 17.6 Å². The first-order chi connectivity index (χ1) is 13.8. The van der Waals surface area contributed by atoms with E-state index in [0.717, 1.165) is 0 Å². The van der Waals surface area contributed by atoms with Crippen molar-refractivity contribution in [3.63, 3.8) is 0 Å². The normalized spacial score (nSPS) is 12.9. The SMILES string of the molecule is CN=C(NCc1ccccc1OC(F)F)NCC(c1c(F)cccc1F)N(C)C. The number of hydrogen-bond donors (Lipinski definition) is 2. The fourth-order valence-electron chi connectivity index (χ4n) is 2.83. The highest BCUT2D eigenvalue weighted by molar-refractivity contribution is 5.79. The molecule has 0 radical (unpaired) electrons. The predicted octanol–water partition coefficient (Wildman–Crippen LogP) is 3.53. The molecule has 2 aromatic carbocycles. The van der Waals surface area contributed by atoms with Crippen LogP contribution in [0.4, 0.5) is 17.6 Å². The molecule has 0 bridgehead atoms. The van der Waals surface area contributed by atoms with Crippen LogP contribution < -0.4 is 15.4 Å². The molecular formula is C20H24F4N4O. The van der Waals surface area contributed by atoms with Gasteiger partial charge in [0.2, 0.25) is 0 Å². The number of ether oxygens (including phenoxy) is 1. The summed E-state index contributed by atoms with van der Waals surface area (Å²) in [5, 5.41) is 5.99. The lowest BCUT2D eigenvalue weighted by Crippen LogP contribution is -2.42. The van der Waals surface area contributed by atoms with E-state index in [1.165, 1.54) is 31.3 Å². The molecule has 9 heteroatoms. The molecule has 0 saturated carbocycles. The zero-order valence-electron chi connectivity index (χ0n) is 16.4. The Morgan fingerprint density at radius 1 is 1.03 bits per heavy atom. The van der Waals surface area contributed by atoms with Gasteiger partial charge < -0.3 is 20.3 Å². The predicted molar refractivity (Wildman–Crippen MR) is 104 cm³/mol. The van der Waals surface area contributed by atoms with Crippen LogP contribution in [0, 0.1) is 11.6 Å². The van der Waals surface area contributed by atoms with E-state index in [2.05, 4.69) is 20.4 Å². The van der Waals surface area contributed by atoms with Gasteiger partial charge in [0.05, 0.1) is 6.04 Å². The molecule has 2 aromatic rings. The monoisotopic (exact) mass is 412 g/mol. The molecule has 5 nitrogen and oxygen atoms in total. The van der Waals surface area contributed by atoms with Crippen molar-refractivity contribution in [2.75, 3.05) is 27.7 Å². The largest absolute Gasteiger partial charge is 0.434 e. The van der Waals surface area contributed by atoms with Gasteiger partial charge in [-0.2, -0.15) is 8.78 Å². The minimum absolute atomic E-state index is 0.0452. The fraction of sp³-hybridized carbons (Fsp3) is 0.350. The van der Waals surface area contributed by atoms with Gasteiger partial charge in [-0.25, -0.2) is 8.78 Å². The average molecular weight is 412 g/mol. The number of likely N-dealkylation sites (N-methyl/N-ethyl adjacent to an activating group) is 1. The molecular weight excluding hydrogens is 388 g/mol. The van der Waals surface area contributed by atoms with Crippen molar-refractivity contribution in [1.82, 2.24) is 15.5 Å². The van der Waals surface area contributed by atoms with Crippen LogP contribution in [-0.4, -0.2) is 45.2 Å². The van der Waals surface area contributed by atoms with Crippen LogP contribution in [0.1, 0.15) is 17.2 Å². The first-order valence-corrected chi connectivity index (χ1v) is 8.91. The molecule has 0 amide bonds. The van der Waals surface area contributed by atoms with Crippen LogP contribution in [0.25, 0.3) is 0 Å². The zero-order valence-corrected chi connectivity index (χ0v) is 16.4. The van der Waals surface area contributed by atoms with Gasteiger partial charge >= 0.3 is 6.61 Å². The highest BCUT2D eigenvalue weighted by atomic mass is 19.3. The van der Waals surface area contributed by atoms with Gasteiger partial charge in [0.1, 0.15) is 17.4 Å². The number of halogens is 4. The molecule has 2 rings (SSSR count). The van der Waals surface area contributed by atoms with E-state index in [0.29, 0.717) is 11.5 Å². The Morgan fingerprint density at radius 3 is 2.28 bits per heavy atom. The minimum atomic E-state index is -2.93. The van der Waals surface area contributed by atoms with Crippen LogP contribution in [-0.2, 0) is 6.54 Å². The number of benzene rings is 2. The standard InChI is InChI=1S/C20H24F4N4O/c1-25-20(26-11-13-7-4-5-10-17(13)29-19(23)24)27-12-16(28(2)3)18-14(21)8-6-9-15(18)22/h4-10,16,19H,11-12H2,1-3H3,(H2,25,26,27). The molecule has 158 valence electrons. The van der Waals surface area contributed by atoms with Crippen molar-refractivity contribution < 1.29 is 22.3 Å². The van der Waals surface area contributed by atoms with Gasteiger partial charge in [0, 0.05) is 31.3 Å². The van der Waals surface area contributed by atoms with E-state index in [1.807, 2.05) is 0 Å². The maximum atomic E-state index is 14.2. The number of nitrogens with zero attached hydrogens (tertiary/aromatic N) is 2. The highest BCUT2D eigenvalue weighted by Gasteiger charge is 2.22. The highest BCUT2D eigenvalue weighted by Crippen LogP contribution is 2.24. The van der Waals surface area contributed by atoms with E-state index >= 15 is 0 Å². The third-order valence-electron chi connectivity index (χ3n) is 4.28. The average Bonchev–Trinajstić information content (AvgIpc) is 2.66. The Balaban J connectivity index is 2.05. The minimum Gasteiger partial charge on any atom is -0.434 e. The molecule has 0 fully saturated rings. The molecule has 29 heavy (non-hydrogen) atoms. The number of nitrogens with one attached hydrogen (secondary N) is 2. The number of alkyl halides is 2. The Morgan fingerprint density at radius 2 is 1.69 bits per heavy atom. The van der Waals surface area contributed by atoms with Crippen molar-refractivity contribution >= 4 is 5.96 Å². The maximum Gasteiger partial charge on any atom is 0.387 e. The van der Waals surface area contributed by atoms with Gasteiger partial charge in [-0.15, -0.1) is 0 Å². The topological polar surface area (TPSA) is 48.9 Å². The summed E-state index contributed by atoms with van der Waals surface area (Å²) in [7, 11) is 4.96. The quantitative estimate of drug-likeness (QED) is 0.396. The lowest BCUT2D eigenvalue weighted by molar-refractivity contribution is -0.0504. The molecule has 0 aliphatic heterocycles. The third kappa shape index (κ3) is 6.35. The summed E-state index contributed by atoms with van der Waals surface area (Å²) >= 11 is 0. The molecule has 0 saturated heterocycles. The van der Waals surface area contributed by atoms with Crippen molar-refractivity contribution in [1.29, 1.82) is 0 Å². The number of para-hydroxylation sites is 1. The lowest BCUT2D eigenvalue weighted by atomic mass is 10.0. The number of rotatable bonds is 8. The molecule has 1 atom stereocenters. The van der Waals surface area contributed by atoms with E-state index < -0.39 is 24.3 Å². The summed E-state index contributed by atoms with van der Waals surface area (Å²) in [5.41, 5.74) is 0.469. The molecule has 2 N–H and O–H groups in total. The smallest absolute Gasteiger partial charge is 0.387 e. The Kier molecular flexibility index (Phi) is 8.26. The van der Waals surface area contributed by atoms with Crippen LogP contribution >= 0.6 is 0 Å². The Hall–Kier alpha value is -2.81. The molecule has 0 aromatic heterocycles. The number of aliphatic imine (C=N–C) groups is 1. The number of guanidine groups is 1. The van der Waals surface area contributed by atoms with Crippen LogP contribution in [0.2, 0.25) is 0 Å². The third-order valence-corrected chi connectivity index (χ3v) is 4.28. The zero-order chi connectivity index (χ0) is 21.4. The maximum absolute atomic E-state index is 14.2. The molecule has 0 heterocycles. The summed E-state index contributed by atoms with van der Waals surface area (Å²) in [5.74, 6) is -0.858. The molecule has 0 aliphatic carbocycles. The van der Waals surface area contributed by atoms with Gasteiger partial charge in [-0.1, -0.05) is 24.3 Å². The lowest BCUT2D eigenvalue weighted by Gasteiger charge is -2.26. The fourth-order valence-corrected chi connectivity index (χ4v) is 2.83. The van der Waals surface area contributed by atoms with Crippen LogP contribution in [0.15, 0.2) is 47.5 Å². The van der Waals surface area contributed by atoms with E-state index in [1.54, 1.807) is 37.2 Å². The van der Waals surface area contributed by atoms with Gasteiger partial charge in [-0.05, 0) is 32.3 Å². The second kappa shape index (κ2) is 10.7. The Bertz CT molecular complexity index is 810. The van der Waals surface area contributed by atoms with Crippen molar-refractivity contribution in [2.45, 2.75) is 19.2 Å². The summed E-state index contributed by atoms with van der Waals surface area (Å²) < 4.78 is 57.9. The van der Waals surface area contributed by atoms with Crippen molar-refractivity contribution in [2.24, 2.45) is 4.99 Å². The molecule has 0 spiro atoms. The van der Waals surface area contributed by atoms with Crippen LogP contribution in [0.5, 0.6) is 5.75 Å². The number of hydrogen-bond acceptors (Lipinski definition) is 3. The molecule has 0 aliphatic rings. The van der Waals surface area contributed by atoms with E-state index in [-0.39, 0.29) is 24.4 Å². The summed E-state index contributed by atoms with van der Waals surface area (Å²) in [6.07, 6.45) is 0.